The van der Waals surface area contributed by atoms with Crippen LogP contribution in [0.2, 0.25) is 0 Å². The van der Waals surface area contributed by atoms with Crippen molar-refractivity contribution in [1.29, 1.82) is 0 Å². The van der Waals surface area contributed by atoms with Gasteiger partial charge in [-0.15, -0.1) is 10.2 Å². The maximum Gasteiger partial charge on any atom is 0.306 e. The monoisotopic (exact) mass is 350 g/mol. The highest BCUT2D eigenvalue weighted by molar-refractivity contribution is 5.70. The number of hydrogen-bond donors (Lipinski definition) is 0. The number of hydrogen-bond acceptors (Lipinski definition) is 8. The highest BCUT2D eigenvalue weighted by atomic mass is 16.6. The van der Waals surface area contributed by atoms with Crippen LogP contribution in [0.1, 0.15) is 36.8 Å². The van der Waals surface area contributed by atoms with E-state index in [9.17, 15) is 4.79 Å². The van der Waals surface area contributed by atoms with Crippen molar-refractivity contribution >= 4 is 5.97 Å². The van der Waals surface area contributed by atoms with Crippen LogP contribution in [0.4, 0.5) is 0 Å². The molecule has 25 heavy (non-hydrogen) atoms. The average molecular weight is 350 g/mol. The number of rotatable bonds is 8. The predicted molar refractivity (Wildman–Crippen MR) is 88.0 cm³/mol. The summed E-state index contributed by atoms with van der Waals surface area (Å²) in [6.07, 6.45) is 0.0648. The number of methoxy groups -OCH3 is 3. The summed E-state index contributed by atoms with van der Waals surface area (Å²) < 4.78 is 26.4. The van der Waals surface area contributed by atoms with E-state index >= 15 is 0 Å². The van der Waals surface area contributed by atoms with Crippen LogP contribution in [-0.4, -0.2) is 37.5 Å². The number of ether oxygens (including phenoxy) is 4. The summed E-state index contributed by atoms with van der Waals surface area (Å²) >= 11 is 0. The molecule has 1 aromatic heterocycles. The summed E-state index contributed by atoms with van der Waals surface area (Å²) in [5, 5.41) is 7.56. The van der Waals surface area contributed by atoms with Gasteiger partial charge in [-0.3, -0.25) is 4.79 Å². The van der Waals surface area contributed by atoms with Crippen molar-refractivity contribution in [1.82, 2.24) is 10.2 Å². The van der Waals surface area contributed by atoms with Crippen LogP contribution in [0.5, 0.6) is 17.2 Å². The van der Waals surface area contributed by atoms with E-state index in [2.05, 4.69) is 10.2 Å². The van der Waals surface area contributed by atoms with Crippen molar-refractivity contribution < 1.29 is 28.2 Å². The molecule has 0 saturated carbocycles. The van der Waals surface area contributed by atoms with Gasteiger partial charge in [0.1, 0.15) is 0 Å². The molecule has 0 amide bonds. The lowest BCUT2D eigenvalue weighted by Crippen LogP contribution is -2.10. The maximum absolute atomic E-state index is 12.0. The molecule has 0 aliphatic heterocycles. The third-order valence-electron chi connectivity index (χ3n) is 3.54. The van der Waals surface area contributed by atoms with E-state index in [1.165, 1.54) is 7.11 Å². The van der Waals surface area contributed by atoms with E-state index in [0.29, 0.717) is 29.6 Å². The van der Waals surface area contributed by atoms with Crippen LogP contribution in [0.15, 0.2) is 16.5 Å². The van der Waals surface area contributed by atoms with Crippen molar-refractivity contribution in [3.05, 3.63) is 29.5 Å². The van der Waals surface area contributed by atoms with Crippen molar-refractivity contribution in [2.75, 3.05) is 21.3 Å². The lowest BCUT2D eigenvalue weighted by atomic mass is 10.1. The first-order valence-corrected chi connectivity index (χ1v) is 7.76. The Morgan fingerprint density at radius 1 is 1.12 bits per heavy atom. The van der Waals surface area contributed by atoms with Crippen LogP contribution in [0.3, 0.4) is 0 Å². The number of aromatic nitrogens is 2. The molecule has 136 valence electrons. The molecule has 1 atom stereocenters. The highest BCUT2D eigenvalue weighted by Crippen LogP contribution is 2.38. The molecule has 8 nitrogen and oxygen atoms in total. The fourth-order valence-electron chi connectivity index (χ4n) is 2.31. The summed E-state index contributed by atoms with van der Waals surface area (Å²) in [6, 6.07) is 3.61. The third-order valence-corrected chi connectivity index (χ3v) is 3.54. The second kappa shape index (κ2) is 8.36. The predicted octanol–water partition coefficient (Wildman–Crippen LogP) is 2.64. The van der Waals surface area contributed by atoms with Gasteiger partial charge in [-0.1, -0.05) is 0 Å². The Labute approximate surface area is 146 Å². The third kappa shape index (κ3) is 4.62. The van der Waals surface area contributed by atoms with E-state index in [0.717, 1.165) is 5.56 Å². The Morgan fingerprint density at radius 2 is 1.76 bits per heavy atom. The molecule has 0 bridgehead atoms. The van der Waals surface area contributed by atoms with E-state index in [1.54, 1.807) is 40.2 Å². The van der Waals surface area contributed by atoms with Gasteiger partial charge in [0, 0.05) is 13.3 Å². The molecular weight excluding hydrogens is 328 g/mol. The van der Waals surface area contributed by atoms with Crippen LogP contribution >= 0.6 is 0 Å². The number of nitrogens with zero attached hydrogens (tertiary/aromatic N) is 2. The minimum atomic E-state index is -0.589. The Hall–Kier alpha value is -2.77. The topological polar surface area (TPSA) is 92.9 Å². The van der Waals surface area contributed by atoms with Gasteiger partial charge in [-0.25, -0.2) is 0 Å². The van der Waals surface area contributed by atoms with Crippen molar-refractivity contribution in [3.63, 3.8) is 0 Å². The first-order chi connectivity index (χ1) is 12.0. The molecule has 0 spiro atoms. The Kier molecular flexibility index (Phi) is 6.21. The van der Waals surface area contributed by atoms with Crippen molar-refractivity contribution in [2.45, 2.75) is 32.8 Å². The van der Waals surface area contributed by atoms with Gasteiger partial charge in [0.25, 0.3) is 5.89 Å². The number of aryl methyl sites for hydroxylation is 2. The molecule has 2 aromatic rings. The second-order valence-electron chi connectivity index (χ2n) is 5.32. The lowest BCUT2D eigenvalue weighted by molar-refractivity contribution is -0.149. The molecule has 0 fully saturated rings. The van der Waals surface area contributed by atoms with Crippen molar-refractivity contribution in [3.8, 4) is 17.2 Å². The zero-order valence-electron chi connectivity index (χ0n) is 15.0. The molecule has 0 aliphatic carbocycles. The van der Waals surface area contributed by atoms with Crippen LogP contribution < -0.4 is 14.2 Å². The van der Waals surface area contributed by atoms with E-state index in [4.69, 9.17) is 23.4 Å². The molecule has 1 unspecified atom stereocenters. The molecule has 2 rings (SSSR count). The number of carbonyl (C=O) groups excluding carboxylic acids is 1. The first kappa shape index (κ1) is 18.6. The van der Waals surface area contributed by atoms with Crippen LogP contribution in [0, 0.1) is 6.92 Å². The minimum absolute atomic E-state index is 0.191. The number of carbonyl (C=O) groups is 1. The summed E-state index contributed by atoms with van der Waals surface area (Å²) in [6.45, 7) is 3.36. The summed E-state index contributed by atoms with van der Waals surface area (Å²) in [5.74, 6) is 1.93. The van der Waals surface area contributed by atoms with Gasteiger partial charge < -0.3 is 23.4 Å². The van der Waals surface area contributed by atoms with Gasteiger partial charge >= 0.3 is 5.97 Å². The molecule has 0 aliphatic rings. The Bertz CT molecular complexity index is 703. The van der Waals surface area contributed by atoms with Crippen LogP contribution in [-0.2, 0) is 16.0 Å². The van der Waals surface area contributed by atoms with E-state index in [-0.39, 0.29) is 18.3 Å². The van der Waals surface area contributed by atoms with Gasteiger partial charge in [0.05, 0.1) is 21.3 Å². The zero-order valence-corrected chi connectivity index (χ0v) is 15.0. The van der Waals surface area contributed by atoms with Gasteiger partial charge in [0.2, 0.25) is 11.6 Å². The maximum atomic E-state index is 12.0. The Balaban J connectivity index is 1.99. The van der Waals surface area contributed by atoms with Gasteiger partial charge in [-0.05, 0) is 31.0 Å². The molecule has 1 heterocycles. The Morgan fingerprint density at radius 3 is 2.24 bits per heavy atom. The van der Waals surface area contributed by atoms with E-state index < -0.39 is 6.10 Å². The van der Waals surface area contributed by atoms with Crippen molar-refractivity contribution in [2.24, 2.45) is 0 Å². The zero-order chi connectivity index (χ0) is 18.4. The van der Waals surface area contributed by atoms with Gasteiger partial charge in [0.15, 0.2) is 17.6 Å². The quantitative estimate of drug-likeness (QED) is 0.671. The summed E-state index contributed by atoms with van der Waals surface area (Å²) in [7, 11) is 4.63. The fourth-order valence-corrected chi connectivity index (χ4v) is 2.31. The molecule has 8 heteroatoms. The molecule has 1 aromatic carbocycles. The molecule has 0 saturated heterocycles. The van der Waals surface area contributed by atoms with Gasteiger partial charge in [-0.2, -0.15) is 0 Å². The molecular formula is C17H22N2O6. The molecule has 0 radical (unpaired) electrons. The lowest BCUT2D eigenvalue weighted by Gasteiger charge is -2.14. The highest BCUT2D eigenvalue weighted by Gasteiger charge is 2.18. The SMILES string of the molecule is COc1cc(CCC(=O)OC(C)c2nnc(C)o2)cc(OC)c1OC. The van der Waals surface area contributed by atoms with Crippen LogP contribution in [0.25, 0.3) is 0 Å². The first-order valence-electron chi connectivity index (χ1n) is 7.76. The smallest absolute Gasteiger partial charge is 0.306 e. The van der Waals surface area contributed by atoms with E-state index in [1.807, 2.05) is 0 Å². The summed E-state index contributed by atoms with van der Waals surface area (Å²) in [5.41, 5.74) is 0.868. The minimum Gasteiger partial charge on any atom is -0.493 e. The molecule has 0 N–H and O–H groups in total. The standard InChI is InChI=1S/C17H22N2O6/c1-10(17-19-18-11(2)25-17)24-15(20)7-6-12-8-13(21-3)16(23-5)14(9-12)22-4/h8-10H,6-7H2,1-5H3. The largest absolute Gasteiger partial charge is 0.493 e. The summed E-state index contributed by atoms with van der Waals surface area (Å²) in [4.78, 5) is 12.0. The number of esters is 1. The second-order valence-corrected chi connectivity index (χ2v) is 5.32. The number of benzene rings is 1. The normalized spacial score (nSPS) is 11.7. The average Bonchev–Trinajstić information content (AvgIpc) is 3.05. The fraction of sp³-hybridized carbons (Fsp3) is 0.471.